The number of halogens is 1. The van der Waals surface area contributed by atoms with Crippen molar-refractivity contribution in [2.45, 2.75) is 26.6 Å². The molecule has 0 spiro atoms. The zero-order valence-corrected chi connectivity index (χ0v) is 21.5. The number of aliphatic imine (C=N–C) groups is 1. The Morgan fingerprint density at radius 1 is 1.15 bits per heavy atom. The van der Waals surface area contributed by atoms with Gasteiger partial charge in [0.05, 0.1) is 6.61 Å². The summed E-state index contributed by atoms with van der Waals surface area (Å²) in [6.07, 6.45) is 3.41. The van der Waals surface area contributed by atoms with Crippen LogP contribution in [0.5, 0.6) is 5.75 Å². The van der Waals surface area contributed by atoms with Crippen molar-refractivity contribution in [3.8, 4) is 5.75 Å². The number of nitrogens with zero attached hydrogens (tertiary/aromatic N) is 4. The molecule has 0 saturated heterocycles. The molecule has 3 rings (SSSR count). The van der Waals surface area contributed by atoms with Gasteiger partial charge < -0.3 is 20.3 Å². The van der Waals surface area contributed by atoms with E-state index in [1.165, 1.54) is 5.56 Å². The Hall–Kier alpha value is -3.08. The minimum atomic E-state index is -0.121. The van der Waals surface area contributed by atoms with Crippen LogP contribution in [0.1, 0.15) is 18.1 Å². The molecule has 3 aromatic rings. The standard InChI is InChI=1S/C24H30N6O2.HI/c1-4-32-22-11-9-19(10-12-22)17-29(3)24(25-2)26-16-20-7-5-8-21(15-20)28-23(31)18-30-14-6-13-27-30;/h5-15H,4,16-18H2,1-3H3,(H,25,26)(H,28,31);1H. The maximum absolute atomic E-state index is 12.2. The monoisotopic (exact) mass is 562 g/mol. The third-order valence-corrected chi connectivity index (χ3v) is 4.75. The topological polar surface area (TPSA) is 83.8 Å². The predicted molar refractivity (Wildman–Crippen MR) is 142 cm³/mol. The molecule has 0 atom stereocenters. The lowest BCUT2D eigenvalue weighted by Gasteiger charge is -2.22. The van der Waals surface area contributed by atoms with Crippen molar-refractivity contribution >= 4 is 41.5 Å². The largest absolute Gasteiger partial charge is 0.494 e. The highest BCUT2D eigenvalue weighted by atomic mass is 127. The first-order valence-electron chi connectivity index (χ1n) is 10.6. The van der Waals surface area contributed by atoms with Crippen LogP contribution in [0.25, 0.3) is 0 Å². The van der Waals surface area contributed by atoms with Gasteiger partial charge in [-0.2, -0.15) is 5.10 Å². The molecule has 8 nitrogen and oxygen atoms in total. The average molecular weight is 562 g/mol. The number of rotatable bonds is 9. The van der Waals surface area contributed by atoms with Crippen molar-refractivity contribution in [3.63, 3.8) is 0 Å². The van der Waals surface area contributed by atoms with Gasteiger partial charge in [0.15, 0.2) is 5.96 Å². The molecule has 0 aliphatic rings. The Morgan fingerprint density at radius 2 is 1.94 bits per heavy atom. The molecule has 0 radical (unpaired) electrons. The number of hydrogen-bond acceptors (Lipinski definition) is 4. The second-order valence-corrected chi connectivity index (χ2v) is 7.29. The Balaban J connectivity index is 0.00000385. The molecule has 176 valence electrons. The van der Waals surface area contributed by atoms with E-state index < -0.39 is 0 Å². The van der Waals surface area contributed by atoms with Crippen molar-refractivity contribution in [2.75, 3.05) is 26.0 Å². The number of hydrogen-bond donors (Lipinski definition) is 2. The lowest BCUT2D eigenvalue weighted by atomic mass is 10.2. The van der Waals surface area contributed by atoms with E-state index in [2.05, 4.69) is 37.8 Å². The molecule has 1 aromatic heterocycles. The van der Waals surface area contributed by atoms with Crippen LogP contribution < -0.4 is 15.4 Å². The van der Waals surface area contributed by atoms with Crippen molar-refractivity contribution in [1.29, 1.82) is 0 Å². The first kappa shape index (κ1) is 26.2. The first-order valence-corrected chi connectivity index (χ1v) is 10.6. The molecule has 9 heteroatoms. The third-order valence-electron chi connectivity index (χ3n) is 4.75. The molecule has 1 heterocycles. The zero-order chi connectivity index (χ0) is 22.8. The van der Waals surface area contributed by atoms with Crippen LogP contribution in [-0.2, 0) is 24.4 Å². The Morgan fingerprint density at radius 3 is 2.61 bits per heavy atom. The van der Waals surface area contributed by atoms with Crippen LogP contribution in [0.15, 0.2) is 72.0 Å². The van der Waals surface area contributed by atoms with Crippen LogP contribution >= 0.6 is 24.0 Å². The molecular weight excluding hydrogens is 531 g/mol. The fraction of sp³-hybridized carbons (Fsp3) is 0.292. The summed E-state index contributed by atoms with van der Waals surface area (Å²) in [7, 11) is 3.76. The van der Waals surface area contributed by atoms with Gasteiger partial charge in [-0.15, -0.1) is 24.0 Å². The Kier molecular flexibility index (Phi) is 10.7. The number of carbonyl (C=O) groups is 1. The van der Waals surface area contributed by atoms with Crippen molar-refractivity contribution in [2.24, 2.45) is 4.99 Å². The summed E-state index contributed by atoms with van der Waals surface area (Å²) >= 11 is 0. The fourth-order valence-corrected chi connectivity index (χ4v) is 3.27. The summed E-state index contributed by atoms with van der Waals surface area (Å²) in [5.41, 5.74) is 2.96. The van der Waals surface area contributed by atoms with Crippen LogP contribution in [0.3, 0.4) is 0 Å². The van der Waals surface area contributed by atoms with E-state index in [-0.39, 0.29) is 36.4 Å². The highest BCUT2D eigenvalue weighted by Gasteiger charge is 2.08. The van der Waals surface area contributed by atoms with E-state index in [1.807, 2.05) is 50.4 Å². The average Bonchev–Trinajstić information content (AvgIpc) is 3.29. The summed E-state index contributed by atoms with van der Waals surface area (Å²) in [6.45, 7) is 4.12. The zero-order valence-electron chi connectivity index (χ0n) is 19.2. The second kappa shape index (κ2) is 13.5. The molecule has 33 heavy (non-hydrogen) atoms. The lowest BCUT2D eigenvalue weighted by Crippen LogP contribution is -2.38. The molecule has 1 amide bonds. The minimum Gasteiger partial charge on any atom is -0.494 e. The van der Waals surface area contributed by atoms with Crippen molar-refractivity contribution in [1.82, 2.24) is 20.0 Å². The van der Waals surface area contributed by atoms with E-state index in [9.17, 15) is 4.79 Å². The number of benzene rings is 2. The number of anilines is 1. The van der Waals surface area contributed by atoms with Gasteiger partial charge in [-0.1, -0.05) is 24.3 Å². The number of amides is 1. The first-order chi connectivity index (χ1) is 15.6. The summed E-state index contributed by atoms with van der Waals surface area (Å²) in [5, 5.41) is 10.3. The van der Waals surface area contributed by atoms with E-state index >= 15 is 0 Å². The number of ether oxygens (including phenoxy) is 1. The van der Waals surface area contributed by atoms with Gasteiger partial charge in [-0.05, 0) is 48.4 Å². The normalized spacial score (nSPS) is 10.8. The van der Waals surface area contributed by atoms with Crippen LogP contribution in [-0.4, -0.2) is 47.2 Å². The number of aromatic nitrogens is 2. The number of nitrogens with one attached hydrogen (secondary N) is 2. The van der Waals surface area contributed by atoms with Gasteiger partial charge in [0.2, 0.25) is 5.91 Å². The summed E-state index contributed by atoms with van der Waals surface area (Å²) in [4.78, 5) is 18.6. The van der Waals surface area contributed by atoms with Gasteiger partial charge in [-0.25, -0.2) is 0 Å². The molecule has 0 fully saturated rings. The smallest absolute Gasteiger partial charge is 0.246 e. The highest BCUT2D eigenvalue weighted by Crippen LogP contribution is 2.14. The molecule has 0 bridgehead atoms. The summed E-state index contributed by atoms with van der Waals surface area (Å²) in [6, 6.07) is 17.6. The van der Waals surface area contributed by atoms with E-state index in [0.717, 1.165) is 29.5 Å². The van der Waals surface area contributed by atoms with Gasteiger partial charge in [0, 0.05) is 45.3 Å². The molecule has 0 aliphatic heterocycles. The maximum Gasteiger partial charge on any atom is 0.246 e. The fourth-order valence-electron chi connectivity index (χ4n) is 3.27. The van der Waals surface area contributed by atoms with Gasteiger partial charge in [-0.3, -0.25) is 14.5 Å². The molecule has 0 saturated carbocycles. The number of carbonyl (C=O) groups excluding carboxylic acids is 1. The summed E-state index contributed by atoms with van der Waals surface area (Å²) < 4.78 is 7.09. The van der Waals surface area contributed by atoms with E-state index in [1.54, 1.807) is 30.2 Å². The Labute approximate surface area is 212 Å². The van der Waals surface area contributed by atoms with Gasteiger partial charge >= 0.3 is 0 Å². The van der Waals surface area contributed by atoms with Gasteiger partial charge in [0.25, 0.3) is 0 Å². The minimum absolute atomic E-state index is 0. The van der Waals surface area contributed by atoms with Crippen molar-refractivity contribution in [3.05, 3.63) is 78.1 Å². The van der Waals surface area contributed by atoms with Gasteiger partial charge in [0.1, 0.15) is 12.3 Å². The highest BCUT2D eigenvalue weighted by molar-refractivity contribution is 14.0. The van der Waals surface area contributed by atoms with Crippen molar-refractivity contribution < 1.29 is 9.53 Å². The number of guanidine groups is 1. The maximum atomic E-state index is 12.2. The Bertz CT molecular complexity index is 1020. The van der Waals surface area contributed by atoms with Crippen LogP contribution in [0.4, 0.5) is 5.69 Å². The molecule has 2 N–H and O–H groups in total. The molecule has 0 unspecified atom stereocenters. The van der Waals surface area contributed by atoms with E-state index in [4.69, 9.17) is 4.74 Å². The molecular formula is C24H31IN6O2. The van der Waals surface area contributed by atoms with E-state index in [0.29, 0.717) is 13.2 Å². The molecule has 0 aliphatic carbocycles. The van der Waals surface area contributed by atoms with Crippen LogP contribution in [0.2, 0.25) is 0 Å². The molecule has 2 aromatic carbocycles. The predicted octanol–water partition coefficient (Wildman–Crippen LogP) is 3.75. The third kappa shape index (κ3) is 8.41. The van der Waals surface area contributed by atoms with Crippen LogP contribution in [0, 0.1) is 0 Å². The summed E-state index contributed by atoms with van der Waals surface area (Å²) in [5.74, 6) is 1.54. The quantitative estimate of drug-likeness (QED) is 0.236. The second-order valence-electron chi connectivity index (χ2n) is 7.29. The SMILES string of the molecule is CCOc1ccc(CN(C)C(=NC)NCc2cccc(NC(=O)Cn3cccn3)c2)cc1.I. The lowest BCUT2D eigenvalue weighted by molar-refractivity contribution is -0.116.